The van der Waals surface area contributed by atoms with Crippen molar-refractivity contribution in [2.75, 3.05) is 40.9 Å². The number of hydrogen-bond donors (Lipinski definition) is 2. The van der Waals surface area contributed by atoms with E-state index in [4.69, 9.17) is 9.05 Å². The Hall–Kier alpha value is -1.28. The third kappa shape index (κ3) is 64.1. The number of allylic oxidation sites excluding steroid dienone is 5. The van der Waals surface area contributed by atoms with E-state index in [-0.39, 0.29) is 19.1 Å². The minimum Gasteiger partial charge on any atom is -0.756 e. The van der Waals surface area contributed by atoms with Gasteiger partial charge in [0.15, 0.2) is 0 Å². The minimum absolute atomic E-state index is 0.000722. The van der Waals surface area contributed by atoms with Gasteiger partial charge in [0.05, 0.1) is 39.9 Å². The minimum atomic E-state index is -4.60. The van der Waals surface area contributed by atoms with Gasteiger partial charge in [0, 0.05) is 6.42 Å². The van der Waals surface area contributed by atoms with Gasteiger partial charge >= 0.3 is 0 Å². The standard InChI is InChI=1S/C70H137N2O6P/c1-6-8-10-12-14-16-18-20-22-24-26-28-30-31-32-33-34-35-36-37-38-39-40-41-42-44-46-48-50-52-54-56-58-60-62-64-70(74)71-68(67-78-79(75,76)77-66-65-72(3,4)5)69(73)63-61-59-57-55-53-51-49-47-45-43-29-27-25-23-21-19-17-15-13-11-9-7-2/h30-31,33-34,61,63,68-69,73H,6-29,32,35-60,62,64-67H2,1-5H3,(H-,71,74,75,76)/b31-30-,34-33-,63-61+. The molecule has 0 aromatic carbocycles. The number of aliphatic hydroxyl groups is 1. The Morgan fingerprint density at radius 2 is 0.734 bits per heavy atom. The number of hydrogen-bond acceptors (Lipinski definition) is 6. The zero-order valence-electron chi connectivity index (χ0n) is 53.6. The average molecular weight is 1130 g/mol. The summed E-state index contributed by atoms with van der Waals surface area (Å²) in [6, 6.07) is -0.887. The van der Waals surface area contributed by atoms with Crippen LogP contribution in [0.25, 0.3) is 0 Å². The van der Waals surface area contributed by atoms with Gasteiger partial charge in [-0.2, -0.15) is 0 Å². The van der Waals surface area contributed by atoms with Crippen LogP contribution in [0, 0.1) is 0 Å². The van der Waals surface area contributed by atoms with Crippen molar-refractivity contribution in [3.63, 3.8) is 0 Å². The zero-order valence-corrected chi connectivity index (χ0v) is 54.5. The molecule has 468 valence electrons. The second-order valence-electron chi connectivity index (χ2n) is 25.2. The molecule has 3 unspecified atom stereocenters. The first-order valence-electron chi connectivity index (χ1n) is 34.9. The monoisotopic (exact) mass is 1130 g/mol. The molecule has 0 rings (SSSR count). The highest BCUT2D eigenvalue weighted by atomic mass is 31.2. The number of unbranched alkanes of at least 4 members (excludes halogenated alkanes) is 48. The molecule has 0 aromatic heterocycles. The lowest BCUT2D eigenvalue weighted by Crippen LogP contribution is -2.45. The van der Waals surface area contributed by atoms with Gasteiger partial charge in [-0.05, 0) is 51.4 Å². The van der Waals surface area contributed by atoms with Crippen LogP contribution in [-0.2, 0) is 18.4 Å². The summed E-state index contributed by atoms with van der Waals surface area (Å²) in [4.78, 5) is 25.6. The van der Waals surface area contributed by atoms with Crippen molar-refractivity contribution in [2.45, 2.75) is 366 Å². The quantitative estimate of drug-likeness (QED) is 0.0272. The molecule has 0 fully saturated rings. The van der Waals surface area contributed by atoms with Crippen LogP contribution in [0.3, 0.4) is 0 Å². The van der Waals surface area contributed by atoms with Crippen LogP contribution in [0.1, 0.15) is 354 Å². The Labute approximate surface area is 493 Å². The van der Waals surface area contributed by atoms with Crippen LogP contribution < -0.4 is 10.2 Å². The van der Waals surface area contributed by atoms with Crippen molar-refractivity contribution in [2.24, 2.45) is 0 Å². The maximum atomic E-state index is 13.0. The molecule has 0 spiro atoms. The summed E-state index contributed by atoms with van der Waals surface area (Å²) in [5.74, 6) is -0.191. The smallest absolute Gasteiger partial charge is 0.268 e. The van der Waals surface area contributed by atoms with Crippen molar-refractivity contribution >= 4 is 13.7 Å². The fourth-order valence-corrected chi connectivity index (χ4v) is 11.4. The van der Waals surface area contributed by atoms with Gasteiger partial charge in [0.2, 0.25) is 5.91 Å². The van der Waals surface area contributed by atoms with Gasteiger partial charge < -0.3 is 28.8 Å². The molecule has 0 bridgehead atoms. The molecule has 0 radical (unpaired) electrons. The number of amides is 1. The highest BCUT2D eigenvalue weighted by molar-refractivity contribution is 7.45. The molecule has 0 aliphatic heterocycles. The molecular formula is C70H137N2O6P. The molecule has 79 heavy (non-hydrogen) atoms. The van der Waals surface area contributed by atoms with Gasteiger partial charge in [0.1, 0.15) is 13.2 Å². The number of aliphatic hydroxyl groups excluding tert-OH is 1. The lowest BCUT2D eigenvalue weighted by atomic mass is 10.0. The van der Waals surface area contributed by atoms with Crippen molar-refractivity contribution in [3.8, 4) is 0 Å². The van der Waals surface area contributed by atoms with Gasteiger partial charge in [-0.3, -0.25) is 9.36 Å². The summed E-state index contributed by atoms with van der Waals surface area (Å²) < 4.78 is 23.4. The predicted octanol–water partition coefficient (Wildman–Crippen LogP) is 21.4. The molecule has 0 aliphatic carbocycles. The first-order chi connectivity index (χ1) is 38.5. The first-order valence-corrected chi connectivity index (χ1v) is 36.3. The van der Waals surface area contributed by atoms with Crippen LogP contribution in [0.4, 0.5) is 0 Å². The maximum Gasteiger partial charge on any atom is 0.268 e. The Morgan fingerprint density at radius 1 is 0.443 bits per heavy atom. The second-order valence-corrected chi connectivity index (χ2v) is 26.7. The fraction of sp³-hybridized carbons (Fsp3) is 0.900. The number of nitrogens with one attached hydrogen (secondary N) is 1. The Balaban J connectivity index is 4.01. The van der Waals surface area contributed by atoms with Gasteiger partial charge in [0.25, 0.3) is 7.82 Å². The van der Waals surface area contributed by atoms with Crippen molar-refractivity contribution < 1.29 is 32.9 Å². The Bertz CT molecular complexity index is 1380. The third-order valence-corrected chi connectivity index (χ3v) is 17.1. The summed E-state index contributed by atoms with van der Waals surface area (Å²) >= 11 is 0. The number of phosphoric ester groups is 1. The first kappa shape index (κ1) is 77.7. The number of phosphoric acid groups is 1. The number of likely N-dealkylation sites (N-methyl/N-ethyl adjacent to an activating group) is 1. The van der Waals surface area contributed by atoms with E-state index in [2.05, 4.69) is 43.5 Å². The molecular weight excluding hydrogens is 996 g/mol. The molecule has 0 aliphatic rings. The van der Waals surface area contributed by atoms with Crippen molar-refractivity contribution in [3.05, 3.63) is 36.5 Å². The highest BCUT2D eigenvalue weighted by Gasteiger charge is 2.23. The van der Waals surface area contributed by atoms with Crippen LogP contribution in [-0.4, -0.2) is 68.5 Å². The van der Waals surface area contributed by atoms with Gasteiger partial charge in [-0.1, -0.05) is 333 Å². The van der Waals surface area contributed by atoms with Crippen LogP contribution >= 0.6 is 7.82 Å². The van der Waals surface area contributed by atoms with E-state index in [1.807, 2.05) is 27.2 Å². The molecule has 0 aromatic rings. The number of carbonyl (C=O) groups excluding carboxylic acids is 1. The molecule has 9 heteroatoms. The second kappa shape index (κ2) is 61.3. The summed E-state index contributed by atoms with van der Waals surface area (Å²) in [5.41, 5.74) is 0. The van der Waals surface area contributed by atoms with E-state index in [1.165, 1.54) is 289 Å². The van der Waals surface area contributed by atoms with E-state index in [1.54, 1.807) is 6.08 Å². The van der Waals surface area contributed by atoms with E-state index in [0.717, 1.165) is 44.9 Å². The van der Waals surface area contributed by atoms with Crippen molar-refractivity contribution in [1.82, 2.24) is 5.32 Å². The van der Waals surface area contributed by atoms with E-state index < -0.39 is 20.0 Å². The molecule has 3 atom stereocenters. The molecule has 8 nitrogen and oxygen atoms in total. The van der Waals surface area contributed by atoms with E-state index >= 15 is 0 Å². The third-order valence-electron chi connectivity index (χ3n) is 16.1. The van der Waals surface area contributed by atoms with E-state index in [9.17, 15) is 19.4 Å². The van der Waals surface area contributed by atoms with Gasteiger partial charge in [-0.15, -0.1) is 0 Å². The van der Waals surface area contributed by atoms with Crippen molar-refractivity contribution in [1.29, 1.82) is 0 Å². The summed E-state index contributed by atoms with van der Waals surface area (Å²) in [6.45, 7) is 4.71. The van der Waals surface area contributed by atoms with Crippen LogP contribution in [0.2, 0.25) is 0 Å². The molecule has 0 saturated heterocycles. The molecule has 1 amide bonds. The molecule has 0 heterocycles. The van der Waals surface area contributed by atoms with Crippen LogP contribution in [0.5, 0.6) is 0 Å². The largest absolute Gasteiger partial charge is 0.756 e. The summed E-state index contributed by atoms with van der Waals surface area (Å²) in [7, 11) is 1.28. The number of quaternary nitrogens is 1. The molecule has 0 saturated carbocycles. The Morgan fingerprint density at radius 3 is 1.05 bits per heavy atom. The SMILES string of the molecule is CCCCCCCCCCCCC/C=C\C/C=C\CCCCCCCCCCCCCCCCCCCC(=O)NC(COP(=O)([O-])OCC[N+](C)(C)C)C(O)/C=C/CCCCCCCCCCCCCCCCCCCCCC. The topological polar surface area (TPSA) is 108 Å². The lowest BCUT2D eigenvalue weighted by molar-refractivity contribution is -0.870. The Kier molecular flexibility index (Phi) is 60.3. The number of rotatable bonds is 65. The van der Waals surface area contributed by atoms with E-state index in [0.29, 0.717) is 17.4 Å². The highest BCUT2D eigenvalue weighted by Crippen LogP contribution is 2.38. The average Bonchev–Trinajstić information content (AvgIpc) is 3.42. The molecule has 2 N–H and O–H groups in total. The lowest BCUT2D eigenvalue weighted by Gasteiger charge is -2.29. The summed E-state index contributed by atoms with van der Waals surface area (Å²) in [6.07, 6.45) is 81.2. The number of carbonyl (C=O) groups is 1. The van der Waals surface area contributed by atoms with Gasteiger partial charge in [-0.25, -0.2) is 0 Å². The number of nitrogens with zero attached hydrogens (tertiary/aromatic N) is 1. The zero-order chi connectivity index (χ0) is 57.7. The normalized spacial score (nSPS) is 13.9. The maximum absolute atomic E-state index is 13.0. The van der Waals surface area contributed by atoms with Crippen LogP contribution in [0.15, 0.2) is 36.5 Å². The fourth-order valence-electron chi connectivity index (χ4n) is 10.7. The summed E-state index contributed by atoms with van der Waals surface area (Å²) in [5, 5.41) is 14.0. The predicted molar refractivity (Wildman–Crippen MR) is 344 cm³/mol.